The lowest BCUT2D eigenvalue weighted by molar-refractivity contribution is -0.114. The van der Waals surface area contributed by atoms with Crippen LogP contribution >= 0.6 is 0 Å². The Labute approximate surface area is 172 Å². The van der Waals surface area contributed by atoms with Gasteiger partial charge in [-0.05, 0) is 62.9 Å². The van der Waals surface area contributed by atoms with Crippen molar-refractivity contribution in [3.05, 3.63) is 35.9 Å². The number of benzene rings is 1. The normalized spacial score (nSPS) is 24.1. The van der Waals surface area contributed by atoms with Gasteiger partial charge in [-0.25, -0.2) is 16.8 Å². The van der Waals surface area contributed by atoms with Crippen molar-refractivity contribution in [3.63, 3.8) is 0 Å². The SMILES string of the molecule is CC(=O)Nc1ccc(S(=O)(=O)[C@@H]2CS(=O)(=O)C[C@H]2NCCC2=CCCCC2)cc1. The molecule has 3 rings (SSSR count). The zero-order chi connectivity index (χ0) is 21.1. The third-order valence-electron chi connectivity index (χ3n) is 5.44. The third kappa shape index (κ3) is 5.67. The van der Waals surface area contributed by atoms with Gasteiger partial charge in [0.25, 0.3) is 0 Å². The van der Waals surface area contributed by atoms with Crippen LogP contribution in [0.4, 0.5) is 5.69 Å². The van der Waals surface area contributed by atoms with Gasteiger partial charge in [0.05, 0.1) is 21.7 Å². The van der Waals surface area contributed by atoms with E-state index in [-0.39, 0.29) is 22.3 Å². The maximum absolute atomic E-state index is 13.1. The van der Waals surface area contributed by atoms with E-state index >= 15 is 0 Å². The molecule has 1 heterocycles. The summed E-state index contributed by atoms with van der Waals surface area (Å²) in [6.45, 7) is 1.94. The van der Waals surface area contributed by atoms with E-state index in [0.717, 1.165) is 19.3 Å². The van der Waals surface area contributed by atoms with Gasteiger partial charge in [-0.3, -0.25) is 4.79 Å². The van der Waals surface area contributed by atoms with Gasteiger partial charge < -0.3 is 10.6 Å². The molecule has 1 aliphatic carbocycles. The molecule has 0 aromatic heterocycles. The van der Waals surface area contributed by atoms with Crippen LogP contribution in [0.5, 0.6) is 0 Å². The van der Waals surface area contributed by atoms with Crippen LogP contribution < -0.4 is 10.6 Å². The maximum Gasteiger partial charge on any atom is 0.221 e. The number of carbonyl (C=O) groups is 1. The lowest BCUT2D eigenvalue weighted by Crippen LogP contribution is -2.43. The van der Waals surface area contributed by atoms with E-state index in [4.69, 9.17) is 0 Å². The highest BCUT2D eigenvalue weighted by atomic mass is 32.2. The summed E-state index contributed by atoms with van der Waals surface area (Å²) in [7, 11) is -7.26. The number of anilines is 1. The highest BCUT2D eigenvalue weighted by Gasteiger charge is 2.45. The Balaban J connectivity index is 1.72. The van der Waals surface area contributed by atoms with Crippen molar-refractivity contribution < 1.29 is 21.6 Å². The Hall–Kier alpha value is -1.71. The molecule has 1 fully saturated rings. The monoisotopic (exact) mass is 440 g/mol. The average molecular weight is 441 g/mol. The number of hydrogen-bond acceptors (Lipinski definition) is 6. The second kappa shape index (κ2) is 8.97. The largest absolute Gasteiger partial charge is 0.326 e. The van der Waals surface area contributed by atoms with Gasteiger partial charge in [0.2, 0.25) is 5.91 Å². The van der Waals surface area contributed by atoms with E-state index in [9.17, 15) is 21.6 Å². The minimum atomic E-state index is -3.83. The first kappa shape index (κ1) is 22.0. The predicted octanol–water partition coefficient (Wildman–Crippen LogP) is 2.06. The first-order valence-corrected chi connectivity index (χ1v) is 13.3. The van der Waals surface area contributed by atoms with Crippen molar-refractivity contribution in [3.8, 4) is 0 Å². The van der Waals surface area contributed by atoms with Crippen LogP contribution in [-0.4, -0.2) is 52.1 Å². The van der Waals surface area contributed by atoms with Crippen LogP contribution in [0, 0.1) is 0 Å². The summed E-state index contributed by atoms with van der Waals surface area (Å²) in [5.41, 5.74) is 1.85. The lowest BCUT2D eigenvalue weighted by Gasteiger charge is -2.21. The van der Waals surface area contributed by atoms with Crippen molar-refractivity contribution in [1.82, 2.24) is 5.32 Å². The second-order valence-electron chi connectivity index (χ2n) is 7.78. The Bertz CT molecular complexity index is 982. The molecule has 0 bridgehead atoms. The van der Waals surface area contributed by atoms with E-state index < -0.39 is 31.0 Å². The van der Waals surface area contributed by atoms with E-state index in [1.54, 1.807) is 0 Å². The smallest absolute Gasteiger partial charge is 0.221 e. The number of rotatable bonds is 7. The maximum atomic E-state index is 13.1. The summed E-state index contributed by atoms with van der Waals surface area (Å²) in [6, 6.07) is 5.22. The topological polar surface area (TPSA) is 109 Å². The molecule has 1 aromatic carbocycles. The molecular formula is C20H28N2O5S2. The van der Waals surface area contributed by atoms with Crippen LogP contribution in [0.1, 0.15) is 39.0 Å². The van der Waals surface area contributed by atoms with Crippen molar-refractivity contribution in [2.24, 2.45) is 0 Å². The summed E-state index contributed by atoms with van der Waals surface area (Å²) in [4.78, 5) is 11.2. The Morgan fingerprint density at radius 1 is 1.14 bits per heavy atom. The Morgan fingerprint density at radius 3 is 2.48 bits per heavy atom. The summed E-state index contributed by atoms with van der Waals surface area (Å²) >= 11 is 0. The quantitative estimate of drug-likeness (QED) is 0.628. The minimum Gasteiger partial charge on any atom is -0.326 e. The molecular weight excluding hydrogens is 412 g/mol. The molecule has 1 aliphatic heterocycles. The van der Waals surface area contributed by atoms with Gasteiger partial charge in [-0.15, -0.1) is 0 Å². The molecule has 0 unspecified atom stereocenters. The number of allylic oxidation sites excluding steroid dienone is 1. The first-order chi connectivity index (χ1) is 13.7. The van der Waals surface area contributed by atoms with Crippen molar-refractivity contribution in [1.29, 1.82) is 0 Å². The van der Waals surface area contributed by atoms with Gasteiger partial charge in [0, 0.05) is 18.7 Å². The molecule has 160 valence electrons. The predicted molar refractivity (Wildman–Crippen MR) is 113 cm³/mol. The van der Waals surface area contributed by atoms with Gasteiger partial charge in [-0.2, -0.15) is 0 Å². The van der Waals surface area contributed by atoms with Crippen molar-refractivity contribution in [2.75, 3.05) is 23.4 Å². The highest BCUT2D eigenvalue weighted by molar-refractivity contribution is 7.96. The third-order valence-corrected chi connectivity index (χ3v) is 9.61. The molecule has 0 saturated carbocycles. The lowest BCUT2D eigenvalue weighted by atomic mass is 9.97. The number of hydrogen-bond donors (Lipinski definition) is 2. The summed E-state index contributed by atoms with van der Waals surface area (Å²) in [5, 5.41) is 4.76. The van der Waals surface area contributed by atoms with E-state index in [1.165, 1.54) is 49.6 Å². The van der Waals surface area contributed by atoms with Crippen LogP contribution in [0.25, 0.3) is 0 Å². The van der Waals surface area contributed by atoms with Crippen molar-refractivity contribution in [2.45, 2.75) is 55.2 Å². The number of carbonyl (C=O) groups excluding carboxylic acids is 1. The molecule has 2 atom stereocenters. The molecule has 0 spiro atoms. The molecule has 9 heteroatoms. The molecule has 7 nitrogen and oxygen atoms in total. The van der Waals surface area contributed by atoms with Crippen LogP contribution in [0.15, 0.2) is 40.8 Å². The summed E-state index contributed by atoms with van der Waals surface area (Å²) in [6.07, 6.45) is 7.58. The van der Waals surface area contributed by atoms with Gasteiger partial charge in [0.15, 0.2) is 19.7 Å². The van der Waals surface area contributed by atoms with Crippen molar-refractivity contribution >= 4 is 31.3 Å². The van der Waals surface area contributed by atoms with Gasteiger partial charge >= 0.3 is 0 Å². The second-order valence-corrected chi connectivity index (χ2v) is 12.1. The minimum absolute atomic E-state index is 0.0653. The molecule has 1 saturated heterocycles. The van der Waals surface area contributed by atoms with Crippen LogP contribution in [0.2, 0.25) is 0 Å². The molecule has 2 N–H and O–H groups in total. The molecule has 1 amide bonds. The molecule has 0 radical (unpaired) electrons. The summed E-state index contributed by atoms with van der Waals surface area (Å²) < 4.78 is 50.7. The average Bonchev–Trinajstić information content (AvgIpc) is 2.98. The zero-order valence-corrected chi connectivity index (χ0v) is 18.2. The van der Waals surface area contributed by atoms with Crippen LogP contribution in [0.3, 0.4) is 0 Å². The fourth-order valence-corrected chi connectivity index (χ4v) is 8.68. The van der Waals surface area contributed by atoms with E-state index in [1.807, 2.05) is 0 Å². The van der Waals surface area contributed by atoms with Gasteiger partial charge in [-0.1, -0.05) is 11.6 Å². The fraction of sp³-hybridized carbons (Fsp3) is 0.550. The zero-order valence-electron chi connectivity index (χ0n) is 16.6. The van der Waals surface area contributed by atoms with E-state index in [0.29, 0.717) is 12.2 Å². The van der Waals surface area contributed by atoms with Crippen LogP contribution in [-0.2, 0) is 24.5 Å². The number of amides is 1. The summed E-state index contributed by atoms with van der Waals surface area (Å²) in [5.74, 6) is -0.789. The first-order valence-electron chi connectivity index (χ1n) is 9.91. The molecule has 1 aromatic rings. The highest BCUT2D eigenvalue weighted by Crippen LogP contribution is 2.27. The molecule has 2 aliphatic rings. The number of sulfone groups is 2. The molecule has 29 heavy (non-hydrogen) atoms. The Kier molecular flexibility index (Phi) is 6.80. The van der Waals surface area contributed by atoms with Gasteiger partial charge in [0.1, 0.15) is 0 Å². The number of nitrogens with one attached hydrogen (secondary N) is 2. The van der Waals surface area contributed by atoms with E-state index in [2.05, 4.69) is 16.7 Å². The Morgan fingerprint density at radius 2 is 1.86 bits per heavy atom. The standard InChI is InChI=1S/C20H28N2O5S2/c1-15(23)22-17-7-9-18(10-8-17)29(26,27)20-14-28(24,25)13-19(20)21-12-11-16-5-3-2-4-6-16/h5,7-10,19-21H,2-4,6,11-14H2,1H3,(H,22,23)/t19-,20-/m1/s1. The fourth-order valence-electron chi connectivity index (χ4n) is 3.97.